The second kappa shape index (κ2) is 6.43. The number of nitrogens with one attached hydrogen (secondary N) is 1. The van der Waals surface area contributed by atoms with Crippen LogP contribution in [0.25, 0.3) is 11.3 Å². The van der Waals surface area contributed by atoms with Gasteiger partial charge >= 0.3 is 0 Å². The molecule has 0 aliphatic carbocycles. The molecule has 2 aromatic rings. The van der Waals surface area contributed by atoms with Gasteiger partial charge in [0.1, 0.15) is 11.4 Å². The molecule has 1 amide bonds. The maximum absolute atomic E-state index is 12.2. The van der Waals surface area contributed by atoms with Crippen LogP contribution in [0.1, 0.15) is 30.8 Å². The molecule has 0 fully saturated rings. The van der Waals surface area contributed by atoms with Crippen molar-refractivity contribution in [2.45, 2.75) is 26.3 Å². The van der Waals surface area contributed by atoms with Crippen molar-refractivity contribution in [3.05, 3.63) is 36.0 Å². The number of hydrogen-bond acceptors (Lipinski definition) is 3. The Morgan fingerprint density at radius 2 is 2.19 bits per heavy atom. The number of amides is 1. The number of aryl methyl sites for hydroxylation is 1. The summed E-state index contributed by atoms with van der Waals surface area (Å²) in [7, 11) is 3.40. The summed E-state index contributed by atoms with van der Waals surface area (Å²) in [5.41, 5.74) is 2.23. The molecule has 0 aliphatic rings. The SMILES string of the molecule is CC[C@@H](C)NC(=O)c1cc(-c2cccc(OC)c2)nn1C. The Kier molecular flexibility index (Phi) is 4.62. The molecule has 1 N–H and O–H groups in total. The largest absolute Gasteiger partial charge is 0.497 e. The van der Waals surface area contributed by atoms with Gasteiger partial charge in [0.25, 0.3) is 5.91 Å². The Morgan fingerprint density at radius 1 is 1.43 bits per heavy atom. The highest BCUT2D eigenvalue weighted by Crippen LogP contribution is 2.23. The van der Waals surface area contributed by atoms with Gasteiger partial charge in [-0.1, -0.05) is 19.1 Å². The van der Waals surface area contributed by atoms with Crippen LogP contribution in [-0.4, -0.2) is 28.8 Å². The van der Waals surface area contributed by atoms with Crippen LogP contribution in [0.5, 0.6) is 5.75 Å². The Balaban J connectivity index is 2.28. The summed E-state index contributed by atoms with van der Waals surface area (Å²) in [5, 5.41) is 7.36. The molecule has 112 valence electrons. The van der Waals surface area contributed by atoms with Gasteiger partial charge in [-0.05, 0) is 31.5 Å². The minimum absolute atomic E-state index is 0.103. The first-order valence-electron chi connectivity index (χ1n) is 7.04. The molecule has 0 saturated carbocycles. The zero-order chi connectivity index (χ0) is 15.4. The average molecular weight is 287 g/mol. The van der Waals surface area contributed by atoms with Crippen LogP contribution in [0.3, 0.4) is 0 Å². The van der Waals surface area contributed by atoms with E-state index in [4.69, 9.17) is 4.74 Å². The summed E-state index contributed by atoms with van der Waals surface area (Å²) in [4.78, 5) is 12.2. The first kappa shape index (κ1) is 15.1. The van der Waals surface area contributed by atoms with Crippen LogP contribution in [-0.2, 0) is 7.05 Å². The van der Waals surface area contributed by atoms with Gasteiger partial charge in [0.05, 0.1) is 12.8 Å². The van der Waals surface area contributed by atoms with Crippen molar-refractivity contribution in [3.63, 3.8) is 0 Å². The predicted molar refractivity (Wildman–Crippen MR) is 82.4 cm³/mol. The summed E-state index contributed by atoms with van der Waals surface area (Å²) in [6.07, 6.45) is 0.895. The summed E-state index contributed by atoms with van der Waals surface area (Å²) in [5.74, 6) is 0.664. The van der Waals surface area contributed by atoms with Crippen molar-refractivity contribution in [2.24, 2.45) is 7.05 Å². The Hall–Kier alpha value is -2.30. The summed E-state index contributed by atoms with van der Waals surface area (Å²) in [6.45, 7) is 4.02. The molecular formula is C16H21N3O2. The molecule has 2 rings (SSSR count). The quantitative estimate of drug-likeness (QED) is 0.919. The number of aromatic nitrogens is 2. The Morgan fingerprint density at radius 3 is 2.86 bits per heavy atom. The predicted octanol–water partition coefficient (Wildman–Crippen LogP) is 2.62. The smallest absolute Gasteiger partial charge is 0.269 e. The molecule has 0 unspecified atom stereocenters. The fourth-order valence-electron chi connectivity index (χ4n) is 2.00. The summed E-state index contributed by atoms with van der Waals surface area (Å²) >= 11 is 0. The fourth-order valence-corrected chi connectivity index (χ4v) is 2.00. The van der Waals surface area contributed by atoms with Crippen LogP contribution < -0.4 is 10.1 Å². The third-order valence-corrected chi connectivity index (χ3v) is 3.47. The molecule has 21 heavy (non-hydrogen) atoms. The highest BCUT2D eigenvalue weighted by Gasteiger charge is 2.15. The fraction of sp³-hybridized carbons (Fsp3) is 0.375. The van der Waals surface area contributed by atoms with E-state index in [1.54, 1.807) is 24.9 Å². The van der Waals surface area contributed by atoms with Gasteiger partial charge in [0, 0.05) is 18.7 Å². The zero-order valence-electron chi connectivity index (χ0n) is 12.9. The Bertz CT molecular complexity index is 634. The number of methoxy groups -OCH3 is 1. The lowest BCUT2D eigenvalue weighted by molar-refractivity contribution is 0.0930. The van der Waals surface area contributed by atoms with E-state index in [-0.39, 0.29) is 11.9 Å². The molecule has 5 heteroatoms. The van der Waals surface area contributed by atoms with Gasteiger partial charge in [-0.2, -0.15) is 5.10 Å². The molecule has 0 bridgehead atoms. The van der Waals surface area contributed by atoms with Crippen molar-refractivity contribution in [2.75, 3.05) is 7.11 Å². The van der Waals surface area contributed by atoms with Crippen molar-refractivity contribution >= 4 is 5.91 Å². The second-order valence-corrected chi connectivity index (χ2v) is 5.05. The minimum Gasteiger partial charge on any atom is -0.497 e. The van der Waals surface area contributed by atoms with Crippen LogP contribution in [0.15, 0.2) is 30.3 Å². The topological polar surface area (TPSA) is 56.1 Å². The number of rotatable bonds is 5. The molecule has 1 heterocycles. The number of carbonyl (C=O) groups is 1. The van der Waals surface area contributed by atoms with Crippen LogP contribution >= 0.6 is 0 Å². The molecule has 0 radical (unpaired) electrons. The average Bonchev–Trinajstić information content (AvgIpc) is 2.89. The van der Waals surface area contributed by atoms with E-state index in [0.717, 1.165) is 23.4 Å². The van der Waals surface area contributed by atoms with Gasteiger partial charge in [0.15, 0.2) is 0 Å². The lowest BCUT2D eigenvalue weighted by Crippen LogP contribution is -2.33. The van der Waals surface area contributed by atoms with E-state index in [9.17, 15) is 4.79 Å². The van der Waals surface area contributed by atoms with Gasteiger partial charge in [-0.15, -0.1) is 0 Å². The van der Waals surface area contributed by atoms with Crippen molar-refractivity contribution in [1.29, 1.82) is 0 Å². The van der Waals surface area contributed by atoms with E-state index >= 15 is 0 Å². The molecule has 1 aromatic heterocycles. The number of benzene rings is 1. The summed E-state index contributed by atoms with van der Waals surface area (Å²) < 4.78 is 6.82. The third kappa shape index (κ3) is 3.42. The zero-order valence-corrected chi connectivity index (χ0v) is 12.9. The monoisotopic (exact) mass is 287 g/mol. The van der Waals surface area contributed by atoms with Crippen molar-refractivity contribution < 1.29 is 9.53 Å². The van der Waals surface area contributed by atoms with Crippen LogP contribution in [0, 0.1) is 0 Å². The second-order valence-electron chi connectivity index (χ2n) is 5.05. The van der Waals surface area contributed by atoms with E-state index in [1.165, 1.54) is 0 Å². The Labute approximate surface area is 124 Å². The number of ether oxygens (including phenoxy) is 1. The number of carbonyl (C=O) groups excluding carboxylic acids is 1. The molecule has 1 aromatic carbocycles. The minimum atomic E-state index is -0.103. The highest BCUT2D eigenvalue weighted by atomic mass is 16.5. The molecular weight excluding hydrogens is 266 g/mol. The van der Waals surface area contributed by atoms with E-state index in [1.807, 2.05) is 38.1 Å². The van der Waals surface area contributed by atoms with E-state index in [2.05, 4.69) is 10.4 Å². The van der Waals surface area contributed by atoms with Gasteiger partial charge in [0.2, 0.25) is 0 Å². The van der Waals surface area contributed by atoms with Crippen molar-refractivity contribution in [3.8, 4) is 17.0 Å². The van der Waals surface area contributed by atoms with Gasteiger partial charge in [-0.3, -0.25) is 9.48 Å². The van der Waals surface area contributed by atoms with Gasteiger partial charge < -0.3 is 10.1 Å². The maximum atomic E-state index is 12.2. The van der Waals surface area contributed by atoms with Crippen molar-refractivity contribution in [1.82, 2.24) is 15.1 Å². The van der Waals surface area contributed by atoms with Crippen LogP contribution in [0.4, 0.5) is 0 Å². The van der Waals surface area contributed by atoms with E-state index in [0.29, 0.717) is 5.69 Å². The maximum Gasteiger partial charge on any atom is 0.269 e. The number of hydrogen-bond donors (Lipinski definition) is 1. The van der Waals surface area contributed by atoms with Crippen LogP contribution in [0.2, 0.25) is 0 Å². The lowest BCUT2D eigenvalue weighted by atomic mass is 10.1. The lowest BCUT2D eigenvalue weighted by Gasteiger charge is -2.10. The normalized spacial score (nSPS) is 12.0. The third-order valence-electron chi connectivity index (χ3n) is 3.47. The number of nitrogens with zero attached hydrogens (tertiary/aromatic N) is 2. The van der Waals surface area contributed by atoms with Gasteiger partial charge in [-0.25, -0.2) is 0 Å². The molecule has 0 aliphatic heterocycles. The first-order valence-corrected chi connectivity index (χ1v) is 7.04. The molecule has 0 spiro atoms. The van der Waals surface area contributed by atoms with E-state index < -0.39 is 0 Å². The molecule has 1 atom stereocenters. The molecule has 0 saturated heterocycles. The first-order chi connectivity index (χ1) is 10.0. The highest BCUT2D eigenvalue weighted by molar-refractivity contribution is 5.93. The standard InChI is InChI=1S/C16H21N3O2/c1-5-11(2)17-16(20)15-10-14(18-19(15)3)12-7-6-8-13(9-12)21-4/h6-11H,5H2,1-4H3,(H,17,20)/t11-/m1/s1. The molecule has 5 nitrogen and oxygen atoms in total. The summed E-state index contributed by atoms with van der Waals surface area (Å²) in [6, 6.07) is 9.57.